The van der Waals surface area contributed by atoms with E-state index in [1.807, 2.05) is 30.3 Å². The first-order chi connectivity index (χ1) is 13.1. The van der Waals surface area contributed by atoms with Crippen LogP contribution in [-0.4, -0.2) is 38.2 Å². The number of amides is 3. The van der Waals surface area contributed by atoms with Gasteiger partial charge in [0.1, 0.15) is 5.70 Å². The fourth-order valence-electron chi connectivity index (χ4n) is 2.87. The van der Waals surface area contributed by atoms with E-state index in [9.17, 15) is 9.59 Å². The molecule has 1 saturated heterocycles. The van der Waals surface area contributed by atoms with E-state index >= 15 is 0 Å². The van der Waals surface area contributed by atoms with Crippen molar-refractivity contribution in [1.29, 1.82) is 0 Å². The van der Waals surface area contributed by atoms with Crippen LogP contribution in [0.1, 0.15) is 11.1 Å². The summed E-state index contributed by atoms with van der Waals surface area (Å²) in [6.45, 7) is 0.200. The van der Waals surface area contributed by atoms with Gasteiger partial charge in [-0.05, 0) is 23.8 Å². The number of benzene rings is 2. The summed E-state index contributed by atoms with van der Waals surface area (Å²) in [4.78, 5) is 26.1. The van der Waals surface area contributed by atoms with Gasteiger partial charge >= 0.3 is 6.03 Å². The third-order valence-corrected chi connectivity index (χ3v) is 4.18. The number of ether oxygens (including phenoxy) is 3. The molecule has 7 heteroatoms. The van der Waals surface area contributed by atoms with Crippen LogP contribution in [0.5, 0.6) is 17.2 Å². The summed E-state index contributed by atoms with van der Waals surface area (Å²) in [6.07, 6.45) is 1.56. The Morgan fingerprint density at radius 2 is 1.63 bits per heavy atom. The quantitative estimate of drug-likeness (QED) is 0.627. The number of hydrogen-bond donors (Lipinski definition) is 1. The van der Waals surface area contributed by atoms with Crippen LogP contribution in [0.15, 0.2) is 48.2 Å². The van der Waals surface area contributed by atoms with E-state index in [2.05, 4.69) is 5.32 Å². The Hall–Kier alpha value is -3.48. The molecule has 0 unspecified atom stereocenters. The van der Waals surface area contributed by atoms with Gasteiger partial charge in [0, 0.05) is 5.56 Å². The van der Waals surface area contributed by atoms with Gasteiger partial charge in [-0.15, -0.1) is 0 Å². The molecule has 7 nitrogen and oxygen atoms in total. The SMILES string of the molecule is COc1ccc(/C=C2/NC(=O)N(Cc3ccccc3)C2=O)c(OC)c1OC. The van der Waals surface area contributed by atoms with Crippen molar-refractivity contribution >= 4 is 18.0 Å². The number of nitrogens with zero attached hydrogens (tertiary/aromatic N) is 1. The molecule has 0 radical (unpaired) electrons. The molecule has 2 aromatic rings. The van der Waals surface area contributed by atoms with E-state index in [1.54, 1.807) is 18.2 Å². The number of imide groups is 1. The molecule has 3 rings (SSSR count). The van der Waals surface area contributed by atoms with E-state index in [0.717, 1.165) is 10.5 Å². The lowest BCUT2D eigenvalue weighted by Gasteiger charge is -2.14. The zero-order chi connectivity index (χ0) is 19.4. The maximum Gasteiger partial charge on any atom is 0.329 e. The van der Waals surface area contributed by atoms with Gasteiger partial charge in [-0.3, -0.25) is 9.69 Å². The van der Waals surface area contributed by atoms with E-state index in [0.29, 0.717) is 22.8 Å². The molecule has 0 atom stereocenters. The summed E-state index contributed by atoms with van der Waals surface area (Å²) in [5.74, 6) is 0.921. The van der Waals surface area contributed by atoms with Crippen LogP contribution in [0.3, 0.4) is 0 Å². The first-order valence-corrected chi connectivity index (χ1v) is 8.26. The summed E-state index contributed by atoms with van der Waals surface area (Å²) >= 11 is 0. The van der Waals surface area contributed by atoms with Crippen molar-refractivity contribution in [2.45, 2.75) is 6.54 Å². The maximum absolute atomic E-state index is 12.7. The first-order valence-electron chi connectivity index (χ1n) is 8.26. The largest absolute Gasteiger partial charge is 0.493 e. The lowest BCUT2D eigenvalue weighted by Crippen LogP contribution is -2.30. The van der Waals surface area contributed by atoms with Crippen molar-refractivity contribution in [1.82, 2.24) is 10.2 Å². The van der Waals surface area contributed by atoms with Crippen molar-refractivity contribution in [2.24, 2.45) is 0 Å². The average Bonchev–Trinajstić information content (AvgIpc) is 2.95. The van der Waals surface area contributed by atoms with Gasteiger partial charge in [-0.2, -0.15) is 0 Å². The van der Waals surface area contributed by atoms with Crippen molar-refractivity contribution in [3.05, 3.63) is 59.3 Å². The van der Waals surface area contributed by atoms with Gasteiger partial charge in [0.25, 0.3) is 5.91 Å². The lowest BCUT2D eigenvalue weighted by atomic mass is 10.1. The van der Waals surface area contributed by atoms with Crippen LogP contribution < -0.4 is 19.5 Å². The van der Waals surface area contributed by atoms with Gasteiger partial charge in [0.2, 0.25) is 5.75 Å². The van der Waals surface area contributed by atoms with E-state index in [4.69, 9.17) is 14.2 Å². The fraction of sp³-hybridized carbons (Fsp3) is 0.200. The third kappa shape index (κ3) is 3.57. The van der Waals surface area contributed by atoms with Gasteiger partial charge < -0.3 is 19.5 Å². The second-order valence-corrected chi connectivity index (χ2v) is 5.79. The van der Waals surface area contributed by atoms with Crippen LogP contribution in [0.2, 0.25) is 0 Å². The predicted molar refractivity (Wildman–Crippen MR) is 99.6 cm³/mol. The molecule has 1 aliphatic rings. The number of urea groups is 1. The monoisotopic (exact) mass is 368 g/mol. The number of methoxy groups -OCH3 is 3. The molecule has 1 fully saturated rings. The number of nitrogens with one attached hydrogen (secondary N) is 1. The highest BCUT2D eigenvalue weighted by atomic mass is 16.5. The second-order valence-electron chi connectivity index (χ2n) is 5.79. The van der Waals surface area contributed by atoms with Crippen molar-refractivity contribution < 1.29 is 23.8 Å². The standard InChI is InChI=1S/C20H20N2O5/c1-25-16-10-9-14(17(26-2)18(16)27-3)11-15-19(23)22(20(24)21-15)12-13-7-5-4-6-8-13/h4-11H,12H2,1-3H3,(H,21,24)/b15-11+. The number of carbonyl (C=O) groups is 2. The Kier molecular flexibility index (Phi) is 5.30. The Labute approximate surface area is 157 Å². The lowest BCUT2D eigenvalue weighted by molar-refractivity contribution is -0.123. The van der Waals surface area contributed by atoms with Gasteiger partial charge in [0.05, 0.1) is 27.9 Å². The summed E-state index contributed by atoms with van der Waals surface area (Å²) in [5, 5.41) is 2.61. The zero-order valence-electron chi connectivity index (χ0n) is 15.3. The molecule has 1 aliphatic heterocycles. The third-order valence-electron chi connectivity index (χ3n) is 4.18. The molecule has 3 amide bonds. The van der Waals surface area contributed by atoms with Crippen LogP contribution in [0.4, 0.5) is 4.79 Å². The normalized spacial score (nSPS) is 15.1. The van der Waals surface area contributed by atoms with E-state index in [1.165, 1.54) is 21.3 Å². The molecule has 27 heavy (non-hydrogen) atoms. The van der Waals surface area contributed by atoms with Crippen molar-refractivity contribution in [2.75, 3.05) is 21.3 Å². The minimum absolute atomic E-state index is 0.168. The summed E-state index contributed by atoms with van der Waals surface area (Å²) in [6, 6.07) is 12.3. The molecular weight excluding hydrogens is 348 g/mol. The number of carbonyl (C=O) groups excluding carboxylic acids is 2. The van der Waals surface area contributed by atoms with Gasteiger partial charge in [-0.1, -0.05) is 30.3 Å². The highest BCUT2D eigenvalue weighted by Gasteiger charge is 2.33. The highest BCUT2D eigenvalue weighted by molar-refractivity contribution is 6.14. The Balaban J connectivity index is 1.92. The summed E-state index contributed by atoms with van der Waals surface area (Å²) in [7, 11) is 4.52. The van der Waals surface area contributed by atoms with Crippen LogP contribution in [-0.2, 0) is 11.3 Å². The van der Waals surface area contributed by atoms with E-state index in [-0.39, 0.29) is 12.2 Å². The summed E-state index contributed by atoms with van der Waals surface area (Å²) in [5.41, 5.74) is 1.62. The minimum atomic E-state index is -0.463. The molecule has 0 spiro atoms. The minimum Gasteiger partial charge on any atom is -0.493 e. The molecule has 0 saturated carbocycles. The van der Waals surface area contributed by atoms with E-state index < -0.39 is 11.9 Å². The molecular formula is C20H20N2O5. The molecule has 140 valence electrons. The smallest absolute Gasteiger partial charge is 0.329 e. The van der Waals surface area contributed by atoms with Gasteiger partial charge in [0.15, 0.2) is 11.5 Å². The van der Waals surface area contributed by atoms with Crippen LogP contribution >= 0.6 is 0 Å². The first kappa shape index (κ1) is 18.3. The second kappa shape index (κ2) is 7.82. The molecule has 1 heterocycles. The molecule has 2 aromatic carbocycles. The predicted octanol–water partition coefficient (Wildman–Crippen LogP) is 2.81. The maximum atomic E-state index is 12.7. The van der Waals surface area contributed by atoms with Crippen molar-refractivity contribution in [3.8, 4) is 17.2 Å². The van der Waals surface area contributed by atoms with Crippen LogP contribution in [0.25, 0.3) is 6.08 Å². The van der Waals surface area contributed by atoms with Gasteiger partial charge in [-0.25, -0.2) is 4.79 Å². The fourth-order valence-corrected chi connectivity index (χ4v) is 2.87. The summed E-state index contributed by atoms with van der Waals surface area (Å²) < 4.78 is 16.0. The Bertz CT molecular complexity index is 893. The number of rotatable bonds is 6. The Morgan fingerprint density at radius 3 is 2.26 bits per heavy atom. The van der Waals surface area contributed by atoms with Crippen LogP contribution in [0, 0.1) is 0 Å². The molecule has 1 N–H and O–H groups in total. The van der Waals surface area contributed by atoms with Crippen molar-refractivity contribution in [3.63, 3.8) is 0 Å². The average molecular weight is 368 g/mol. The zero-order valence-corrected chi connectivity index (χ0v) is 15.3. The molecule has 0 bridgehead atoms. The topological polar surface area (TPSA) is 77.1 Å². The number of hydrogen-bond acceptors (Lipinski definition) is 5. The molecule has 0 aromatic heterocycles. The highest BCUT2D eigenvalue weighted by Crippen LogP contribution is 2.40. The Morgan fingerprint density at radius 1 is 0.926 bits per heavy atom. The molecule has 0 aliphatic carbocycles.